The van der Waals surface area contributed by atoms with Crippen LogP contribution in [0.2, 0.25) is 0 Å². The lowest BCUT2D eigenvalue weighted by Gasteiger charge is -2.27. The fourth-order valence-corrected chi connectivity index (χ4v) is 4.96. The molecule has 0 saturated heterocycles. The molecule has 0 bridgehead atoms. The number of carbonyl (C=O) groups is 1. The summed E-state index contributed by atoms with van der Waals surface area (Å²) in [6, 6.07) is 7.99. The summed E-state index contributed by atoms with van der Waals surface area (Å²) in [5.41, 5.74) is 1.84. The summed E-state index contributed by atoms with van der Waals surface area (Å²) in [5.74, 6) is 2.69. The maximum Gasteiger partial charge on any atom is 0.251 e. The van der Waals surface area contributed by atoms with Crippen molar-refractivity contribution in [2.45, 2.75) is 71.0 Å². The van der Waals surface area contributed by atoms with Crippen LogP contribution in [0.25, 0.3) is 0 Å². The van der Waals surface area contributed by atoms with Crippen molar-refractivity contribution >= 4 is 5.91 Å². The van der Waals surface area contributed by atoms with Crippen molar-refractivity contribution in [1.82, 2.24) is 35.5 Å². The van der Waals surface area contributed by atoms with Crippen LogP contribution < -0.4 is 10.6 Å². The molecule has 1 saturated carbocycles. The fraction of sp³-hybridized carbons (Fsp3) is 0.536. The van der Waals surface area contributed by atoms with Gasteiger partial charge in [-0.1, -0.05) is 31.4 Å². The highest BCUT2D eigenvalue weighted by Gasteiger charge is 2.20. The van der Waals surface area contributed by atoms with E-state index >= 15 is 0 Å². The van der Waals surface area contributed by atoms with Gasteiger partial charge in [0.1, 0.15) is 11.6 Å². The molecule has 1 atom stereocenters. The minimum atomic E-state index is -0.00638. The van der Waals surface area contributed by atoms with E-state index in [1.54, 1.807) is 12.4 Å². The number of hydrogen-bond donors (Lipinski definition) is 4. The zero-order valence-electron chi connectivity index (χ0n) is 21.5. The first kappa shape index (κ1) is 26.1. The summed E-state index contributed by atoms with van der Waals surface area (Å²) in [4.78, 5) is 30.1. The molecule has 1 amide bonds. The summed E-state index contributed by atoms with van der Waals surface area (Å²) in [6.07, 6.45) is 16.3. The standard InChI is InChI=1S/C28H41N7O/c1-22(27-32-17-18-33-27)35(21-26-30-15-16-31-26)20-24-9-11-25(12-10-24)28(36)34-14-6-5-13-29-19-23-7-3-2-4-8-23/h9-12,15-18,22-23,29H,2-8,13-14,19-21H2,1H3,(H,30,31)(H,32,33)(H,34,36). The zero-order chi connectivity index (χ0) is 25.0. The Morgan fingerprint density at radius 2 is 1.75 bits per heavy atom. The second-order valence-electron chi connectivity index (χ2n) is 9.96. The van der Waals surface area contributed by atoms with Gasteiger partial charge in [0.25, 0.3) is 5.91 Å². The Balaban J connectivity index is 1.19. The first-order valence-electron chi connectivity index (χ1n) is 13.5. The first-order chi connectivity index (χ1) is 17.7. The normalized spacial score (nSPS) is 15.3. The molecule has 194 valence electrons. The molecule has 1 aliphatic carbocycles. The van der Waals surface area contributed by atoms with Crippen LogP contribution in [-0.2, 0) is 13.1 Å². The molecule has 0 aliphatic heterocycles. The topological polar surface area (TPSA) is 102 Å². The number of aromatic nitrogens is 4. The predicted octanol–water partition coefficient (Wildman–Crippen LogP) is 4.58. The molecule has 1 fully saturated rings. The summed E-state index contributed by atoms with van der Waals surface area (Å²) in [6.45, 7) is 6.42. The maximum absolute atomic E-state index is 12.6. The minimum absolute atomic E-state index is 0.00638. The molecular formula is C28H41N7O. The Morgan fingerprint density at radius 3 is 2.47 bits per heavy atom. The Labute approximate surface area is 214 Å². The number of unbranched alkanes of at least 4 members (excludes halogenated alkanes) is 1. The average molecular weight is 492 g/mol. The molecule has 2 aromatic heterocycles. The largest absolute Gasteiger partial charge is 0.352 e. The molecule has 2 heterocycles. The Morgan fingerprint density at radius 1 is 1.00 bits per heavy atom. The molecule has 0 radical (unpaired) electrons. The average Bonchev–Trinajstić information content (AvgIpc) is 3.63. The lowest BCUT2D eigenvalue weighted by Crippen LogP contribution is -2.28. The molecule has 4 N–H and O–H groups in total. The van der Waals surface area contributed by atoms with Crippen LogP contribution in [0, 0.1) is 5.92 Å². The number of imidazole rings is 2. The summed E-state index contributed by atoms with van der Waals surface area (Å²) < 4.78 is 0. The number of nitrogens with one attached hydrogen (secondary N) is 4. The smallest absolute Gasteiger partial charge is 0.251 e. The molecule has 36 heavy (non-hydrogen) atoms. The number of amides is 1. The first-order valence-corrected chi connectivity index (χ1v) is 13.5. The van der Waals surface area contributed by atoms with Crippen molar-refractivity contribution in [3.05, 3.63) is 71.8 Å². The van der Waals surface area contributed by atoms with Crippen molar-refractivity contribution in [2.75, 3.05) is 19.6 Å². The van der Waals surface area contributed by atoms with Crippen molar-refractivity contribution in [2.24, 2.45) is 5.92 Å². The summed E-state index contributed by atoms with van der Waals surface area (Å²) in [7, 11) is 0. The quantitative estimate of drug-likeness (QED) is 0.247. The number of H-pyrrole nitrogens is 2. The van der Waals surface area contributed by atoms with Crippen LogP contribution >= 0.6 is 0 Å². The molecule has 1 aromatic carbocycles. The number of carbonyl (C=O) groups excluding carboxylic acids is 1. The highest BCUT2D eigenvalue weighted by Crippen LogP contribution is 2.23. The third-order valence-electron chi connectivity index (χ3n) is 7.20. The molecule has 3 aromatic rings. The highest BCUT2D eigenvalue weighted by molar-refractivity contribution is 5.94. The van der Waals surface area contributed by atoms with Crippen LogP contribution in [0.4, 0.5) is 0 Å². The van der Waals surface area contributed by atoms with E-state index in [2.05, 4.69) is 42.4 Å². The Kier molecular flexibility index (Phi) is 10.1. The van der Waals surface area contributed by atoms with Crippen molar-refractivity contribution in [3.63, 3.8) is 0 Å². The number of nitrogens with zero attached hydrogens (tertiary/aromatic N) is 3. The van der Waals surface area contributed by atoms with Gasteiger partial charge in [-0.25, -0.2) is 9.97 Å². The van der Waals surface area contributed by atoms with E-state index in [9.17, 15) is 4.79 Å². The Hall–Kier alpha value is -2.97. The van der Waals surface area contributed by atoms with E-state index in [0.29, 0.717) is 18.7 Å². The SMILES string of the molecule is CC(c1ncc[nH]1)N(Cc1ccc(C(=O)NCCCCNCC2CCCCC2)cc1)Cc1ncc[nH]1. The van der Waals surface area contributed by atoms with Crippen LogP contribution in [0.1, 0.15) is 85.5 Å². The number of hydrogen-bond acceptors (Lipinski definition) is 5. The van der Waals surface area contributed by atoms with Gasteiger partial charge in [-0.05, 0) is 69.3 Å². The van der Waals surface area contributed by atoms with Crippen LogP contribution in [-0.4, -0.2) is 50.4 Å². The monoisotopic (exact) mass is 491 g/mol. The number of aromatic amines is 2. The van der Waals surface area contributed by atoms with Gasteiger partial charge in [-0.15, -0.1) is 0 Å². The van der Waals surface area contributed by atoms with E-state index in [1.165, 1.54) is 32.1 Å². The Bertz CT molecular complexity index is 995. The van der Waals surface area contributed by atoms with Gasteiger partial charge >= 0.3 is 0 Å². The molecule has 4 rings (SSSR count). The van der Waals surface area contributed by atoms with E-state index in [0.717, 1.165) is 55.6 Å². The van der Waals surface area contributed by atoms with Gasteiger partial charge in [-0.2, -0.15) is 0 Å². The van der Waals surface area contributed by atoms with Gasteiger partial charge in [0.05, 0.1) is 12.6 Å². The number of benzene rings is 1. The molecule has 1 unspecified atom stereocenters. The van der Waals surface area contributed by atoms with Gasteiger partial charge in [0, 0.05) is 43.4 Å². The van der Waals surface area contributed by atoms with Gasteiger partial charge in [0.15, 0.2) is 0 Å². The van der Waals surface area contributed by atoms with E-state index in [4.69, 9.17) is 0 Å². The lowest BCUT2D eigenvalue weighted by molar-refractivity contribution is 0.0953. The minimum Gasteiger partial charge on any atom is -0.352 e. The van der Waals surface area contributed by atoms with Crippen LogP contribution in [0.15, 0.2) is 49.1 Å². The van der Waals surface area contributed by atoms with Crippen molar-refractivity contribution in [1.29, 1.82) is 0 Å². The fourth-order valence-electron chi connectivity index (χ4n) is 4.96. The van der Waals surface area contributed by atoms with Gasteiger partial charge in [0.2, 0.25) is 0 Å². The van der Waals surface area contributed by atoms with E-state index in [-0.39, 0.29) is 11.9 Å². The van der Waals surface area contributed by atoms with E-state index in [1.807, 2.05) is 36.7 Å². The van der Waals surface area contributed by atoms with E-state index < -0.39 is 0 Å². The third kappa shape index (κ3) is 8.03. The molecule has 8 heteroatoms. The lowest BCUT2D eigenvalue weighted by atomic mass is 9.89. The second-order valence-corrected chi connectivity index (χ2v) is 9.96. The maximum atomic E-state index is 12.6. The molecule has 1 aliphatic rings. The van der Waals surface area contributed by atoms with Crippen LogP contribution in [0.5, 0.6) is 0 Å². The predicted molar refractivity (Wildman–Crippen MR) is 142 cm³/mol. The molecule has 0 spiro atoms. The number of rotatable bonds is 14. The molecule has 8 nitrogen and oxygen atoms in total. The summed E-state index contributed by atoms with van der Waals surface area (Å²) in [5, 5.41) is 6.66. The van der Waals surface area contributed by atoms with Crippen LogP contribution in [0.3, 0.4) is 0 Å². The van der Waals surface area contributed by atoms with Crippen molar-refractivity contribution < 1.29 is 4.79 Å². The van der Waals surface area contributed by atoms with Gasteiger partial charge < -0.3 is 20.6 Å². The highest BCUT2D eigenvalue weighted by atomic mass is 16.1. The van der Waals surface area contributed by atoms with Gasteiger partial charge in [-0.3, -0.25) is 9.69 Å². The zero-order valence-corrected chi connectivity index (χ0v) is 21.5. The summed E-state index contributed by atoms with van der Waals surface area (Å²) >= 11 is 0. The third-order valence-corrected chi connectivity index (χ3v) is 7.20. The van der Waals surface area contributed by atoms with Crippen molar-refractivity contribution in [3.8, 4) is 0 Å². The molecular weight excluding hydrogens is 450 g/mol. The second kappa shape index (κ2) is 13.9.